The Bertz CT molecular complexity index is 1020. The Labute approximate surface area is 189 Å². The molecule has 2 aromatic rings. The number of rotatable bonds is 9. The van der Waals surface area contributed by atoms with Gasteiger partial charge in [-0.1, -0.05) is 38.1 Å². The first-order valence-corrected chi connectivity index (χ1v) is 11.0. The molecule has 0 aliphatic carbocycles. The molecule has 0 saturated carbocycles. The lowest BCUT2D eigenvalue weighted by Gasteiger charge is -2.22. The van der Waals surface area contributed by atoms with Crippen LogP contribution >= 0.6 is 0 Å². The number of carbonyl (C=O) groups is 3. The van der Waals surface area contributed by atoms with E-state index in [1.54, 1.807) is 14.0 Å². The van der Waals surface area contributed by atoms with Gasteiger partial charge in [-0.25, -0.2) is 4.79 Å². The largest absolute Gasteiger partial charge is 0.385 e. The summed E-state index contributed by atoms with van der Waals surface area (Å²) >= 11 is 0. The van der Waals surface area contributed by atoms with Crippen LogP contribution in [-0.4, -0.2) is 47.4 Å². The van der Waals surface area contributed by atoms with E-state index in [0.29, 0.717) is 23.7 Å². The molecule has 0 radical (unpaired) electrons. The second-order valence-corrected chi connectivity index (χ2v) is 8.93. The zero-order chi connectivity index (χ0) is 23.6. The van der Waals surface area contributed by atoms with Crippen molar-refractivity contribution in [2.24, 2.45) is 0 Å². The van der Waals surface area contributed by atoms with Gasteiger partial charge in [-0.15, -0.1) is 0 Å². The van der Waals surface area contributed by atoms with Gasteiger partial charge in [0.1, 0.15) is 5.54 Å². The summed E-state index contributed by atoms with van der Waals surface area (Å²) in [6.07, 6.45) is 0.835. The molecule has 1 saturated heterocycles. The lowest BCUT2D eigenvalue weighted by Crippen LogP contribution is -2.41. The average Bonchev–Trinajstić information content (AvgIpc) is 3.16. The molecule has 1 N–H and O–H groups in total. The van der Waals surface area contributed by atoms with Crippen molar-refractivity contribution < 1.29 is 19.1 Å². The molecule has 2 heterocycles. The van der Waals surface area contributed by atoms with Crippen LogP contribution in [0.1, 0.15) is 66.0 Å². The van der Waals surface area contributed by atoms with E-state index in [1.807, 2.05) is 44.2 Å². The van der Waals surface area contributed by atoms with Crippen LogP contribution in [0, 0.1) is 13.8 Å². The van der Waals surface area contributed by atoms with Crippen LogP contribution < -0.4 is 5.32 Å². The van der Waals surface area contributed by atoms with Crippen molar-refractivity contribution in [3.05, 3.63) is 58.4 Å². The third kappa shape index (κ3) is 4.35. The molecule has 0 spiro atoms. The number of aromatic nitrogens is 1. The number of ketones is 1. The van der Waals surface area contributed by atoms with Gasteiger partial charge in [0.05, 0.1) is 6.54 Å². The number of nitrogens with zero attached hydrogens (tertiary/aromatic N) is 2. The molecule has 7 nitrogen and oxygen atoms in total. The second-order valence-electron chi connectivity index (χ2n) is 8.93. The number of methoxy groups -OCH3 is 1. The van der Waals surface area contributed by atoms with Crippen molar-refractivity contribution in [3.63, 3.8) is 0 Å². The van der Waals surface area contributed by atoms with Crippen LogP contribution in [-0.2, 0) is 21.6 Å². The van der Waals surface area contributed by atoms with Crippen molar-refractivity contribution >= 4 is 17.7 Å². The van der Waals surface area contributed by atoms with Crippen LogP contribution in [0.25, 0.3) is 0 Å². The fourth-order valence-electron chi connectivity index (χ4n) is 4.26. The van der Waals surface area contributed by atoms with Crippen molar-refractivity contribution in [1.82, 2.24) is 14.8 Å². The first kappa shape index (κ1) is 23.7. The van der Waals surface area contributed by atoms with E-state index in [0.717, 1.165) is 34.8 Å². The van der Waals surface area contributed by atoms with Crippen LogP contribution in [0.3, 0.4) is 0 Å². The molecular formula is C25H33N3O4. The number of ether oxygens (including phenoxy) is 1. The Hall–Kier alpha value is -2.93. The normalized spacial score (nSPS) is 18.5. The number of imide groups is 1. The number of benzene rings is 1. The molecule has 1 aliphatic heterocycles. The van der Waals surface area contributed by atoms with Crippen molar-refractivity contribution in [1.29, 1.82) is 0 Å². The number of nitrogens with one attached hydrogen (secondary N) is 1. The quantitative estimate of drug-likeness (QED) is 0.365. The van der Waals surface area contributed by atoms with Gasteiger partial charge >= 0.3 is 6.03 Å². The predicted molar refractivity (Wildman–Crippen MR) is 123 cm³/mol. The summed E-state index contributed by atoms with van der Waals surface area (Å²) in [5.41, 5.74) is 3.00. The Kier molecular flexibility index (Phi) is 6.88. The molecule has 1 aromatic carbocycles. The van der Waals surface area contributed by atoms with Crippen molar-refractivity contribution in [2.45, 2.75) is 59.0 Å². The molecule has 3 rings (SSSR count). The van der Waals surface area contributed by atoms with Gasteiger partial charge in [0, 0.05) is 37.2 Å². The van der Waals surface area contributed by atoms with Gasteiger partial charge in [0.2, 0.25) is 0 Å². The Morgan fingerprint density at radius 2 is 1.81 bits per heavy atom. The number of urea groups is 1. The zero-order valence-corrected chi connectivity index (χ0v) is 19.8. The molecule has 3 amide bonds. The Morgan fingerprint density at radius 3 is 2.41 bits per heavy atom. The minimum absolute atomic E-state index is 0.251. The maximum absolute atomic E-state index is 13.2. The molecular weight excluding hydrogens is 406 g/mol. The molecule has 0 bridgehead atoms. The summed E-state index contributed by atoms with van der Waals surface area (Å²) in [6, 6.07) is 8.95. The van der Waals surface area contributed by atoms with E-state index >= 15 is 0 Å². The molecule has 1 aromatic heterocycles. The Morgan fingerprint density at radius 1 is 1.16 bits per heavy atom. The Balaban J connectivity index is 1.78. The van der Waals surface area contributed by atoms with E-state index in [4.69, 9.17) is 4.74 Å². The summed E-state index contributed by atoms with van der Waals surface area (Å²) in [7, 11) is 1.66. The number of amides is 3. The average molecular weight is 440 g/mol. The minimum Gasteiger partial charge on any atom is -0.385 e. The van der Waals surface area contributed by atoms with Gasteiger partial charge in [0.25, 0.3) is 5.91 Å². The molecule has 1 aliphatic rings. The van der Waals surface area contributed by atoms with Crippen LogP contribution in [0.15, 0.2) is 30.3 Å². The zero-order valence-electron chi connectivity index (χ0n) is 19.8. The van der Waals surface area contributed by atoms with Gasteiger partial charge < -0.3 is 14.6 Å². The molecule has 32 heavy (non-hydrogen) atoms. The van der Waals surface area contributed by atoms with E-state index in [-0.39, 0.29) is 12.3 Å². The highest BCUT2D eigenvalue weighted by molar-refractivity contribution is 6.11. The molecule has 7 heteroatoms. The summed E-state index contributed by atoms with van der Waals surface area (Å²) in [5, 5.41) is 2.78. The topological polar surface area (TPSA) is 80.6 Å². The van der Waals surface area contributed by atoms with Crippen LogP contribution in [0.2, 0.25) is 0 Å². The van der Waals surface area contributed by atoms with E-state index < -0.39 is 17.5 Å². The van der Waals surface area contributed by atoms with Crippen molar-refractivity contribution in [3.8, 4) is 0 Å². The summed E-state index contributed by atoms with van der Waals surface area (Å²) in [6.45, 7) is 10.8. The summed E-state index contributed by atoms with van der Waals surface area (Å²) in [4.78, 5) is 40.0. The predicted octanol–water partition coefficient (Wildman–Crippen LogP) is 3.91. The molecule has 1 fully saturated rings. The first-order chi connectivity index (χ1) is 15.1. The highest BCUT2D eigenvalue weighted by Crippen LogP contribution is 2.30. The number of Topliss-reactive ketones (excluding diaryl/α,β-unsaturated/α-hetero) is 1. The lowest BCUT2D eigenvalue weighted by atomic mass is 9.90. The summed E-state index contributed by atoms with van der Waals surface area (Å²) < 4.78 is 7.18. The third-order valence-electron chi connectivity index (χ3n) is 6.34. The van der Waals surface area contributed by atoms with Crippen LogP contribution in [0.5, 0.6) is 0 Å². The van der Waals surface area contributed by atoms with E-state index in [9.17, 15) is 14.4 Å². The molecule has 172 valence electrons. The van der Waals surface area contributed by atoms with Crippen LogP contribution in [0.4, 0.5) is 4.79 Å². The number of carbonyl (C=O) groups excluding carboxylic acids is 3. The number of hydrogen-bond acceptors (Lipinski definition) is 4. The maximum Gasteiger partial charge on any atom is 0.325 e. The fraction of sp³-hybridized carbons (Fsp3) is 0.480. The third-order valence-corrected chi connectivity index (χ3v) is 6.34. The van der Waals surface area contributed by atoms with Gasteiger partial charge in [0.15, 0.2) is 5.78 Å². The SMILES string of the molecule is COCCCn1c(C)cc(C(=O)CN2C(=O)NC(C)(c3ccc(C(C)C)cc3)C2=O)c1C. The van der Waals surface area contributed by atoms with Crippen molar-refractivity contribution in [2.75, 3.05) is 20.3 Å². The number of hydrogen-bond donors (Lipinski definition) is 1. The maximum atomic E-state index is 13.2. The van der Waals surface area contributed by atoms with Gasteiger partial charge in [-0.05, 0) is 50.3 Å². The second kappa shape index (κ2) is 9.28. The van der Waals surface area contributed by atoms with E-state index in [2.05, 4.69) is 23.7 Å². The minimum atomic E-state index is -1.19. The lowest BCUT2D eigenvalue weighted by molar-refractivity contribution is -0.130. The highest BCUT2D eigenvalue weighted by Gasteiger charge is 2.49. The van der Waals surface area contributed by atoms with Gasteiger partial charge in [-0.3, -0.25) is 14.5 Å². The molecule has 1 unspecified atom stereocenters. The monoisotopic (exact) mass is 439 g/mol. The standard InChI is InChI=1S/C25H33N3O4/c1-16(2)19-8-10-20(11-9-19)25(5)23(30)28(24(31)26-25)15-22(29)21-14-17(3)27(18(21)4)12-7-13-32-6/h8-11,14,16H,7,12-13,15H2,1-6H3,(H,26,31). The smallest absolute Gasteiger partial charge is 0.325 e. The van der Waals surface area contributed by atoms with Gasteiger partial charge in [-0.2, -0.15) is 0 Å². The fourth-order valence-corrected chi connectivity index (χ4v) is 4.26. The highest BCUT2D eigenvalue weighted by atomic mass is 16.5. The summed E-state index contributed by atoms with van der Waals surface area (Å²) in [5.74, 6) is -0.297. The first-order valence-electron chi connectivity index (χ1n) is 11.0. The molecule has 1 atom stereocenters. The number of aryl methyl sites for hydroxylation is 1. The van der Waals surface area contributed by atoms with E-state index in [1.165, 1.54) is 0 Å².